The zero-order chi connectivity index (χ0) is 12.1. The van der Waals surface area contributed by atoms with E-state index in [-0.39, 0.29) is 6.04 Å². The second-order valence-electron chi connectivity index (χ2n) is 4.73. The predicted molar refractivity (Wildman–Crippen MR) is 69.3 cm³/mol. The van der Waals surface area contributed by atoms with Crippen LogP contribution in [0, 0.1) is 12.3 Å². The van der Waals surface area contributed by atoms with E-state index in [2.05, 4.69) is 23.4 Å². The standard InChI is InChI=1S/C15H19NO/c1-2-15(17)11-7-6-10-14(15)16-12-13-8-4-3-5-9-13/h1,3-5,8-9,14,16-17H,6-7,10-12H2/t14-,15-/m0/s1. The summed E-state index contributed by atoms with van der Waals surface area (Å²) < 4.78 is 0. The third-order valence-corrected chi connectivity index (χ3v) is 3.52. The summed E-state index contributed by atoms with van der Waals surface area (Å²) >= 11 is 0. The van der Waals surface area contributed by atoms with Crippen LogP contribution in [0.5, 0.6) is 0 Å². The minimum Gasteiger partial charge on any atom is -0.376 e. The third-order valence-electron chi connectivity index (χ3n) is 3.52. The van der Waals surface area contributed by atoms with Crippen molar-refractivity contribution in [3.63, 3.8) is 0 Å². The Hall–Kier alpha value is -1.30. The van der Waals surface area contributed by atoms with Crippen molar-refractivity contribution in [1.29, 1.82) is 0 Å². The second kappa shape index (κ2) is 5.35. The lowest BCUT2D eigenvalue weighted by atomic mass is 9.81. The molecule has 1 aliphatic carbocycles. The Kier molecular flexibility index (Phi) is 3.83. The maximum Gasteiger partial charge on any atom is 0.140 e. The van der Waals surface area contributed by atoms with Gasteiger partial charge in [0.05, 0.1) is 0 Å². The Morgan fingerprint density at radius 2 is 2.12 bits per heavy atom. The molecule has 1 aromatic carbocycles. The van der Waals surface area contributed by atoms with Crippen molar-refractivity contribution in [1.82, 2.24) is 5.32 Å². The minimum absolute atomic E-state index is 0.0152. The highest BCUT2D eigenvalue weighted by Crippen LogP contribution is 2.28. The molecular formula is C15H19NO. The van der Waals surface area contributed by atoms with Crippen LogP contribution in [0.15, 0.2) is 30.3 Å². The largest absolute Gasteiger partial charge is 0.376 e. The first-order chi connectivity index (χ1) is 8.24. The fourth-order valence-corrected chi connectivity index (χ4v) is 2.44. The van der Waals surface area contributed by atoms with Crippen LogP contribution >= 0.6 is 0 Å². The average molecular weight is 229 g/mol. The van der Waals surface area contributed by atoms with Gasteiger partial charge in [0.25, 0.3) is 0 Å². The molecule has 2 heteroatoms. The number of benzene rings is 1. The molecule has 2 N–H and O–H groups in total. The third kappa shape index (κ3) is 2.88. The molecule has 2 nitrogen and oxygen atoms in total. The van der Waals surface area contributed by atoms with Crippen LogP contribution in [0.4, 0.5) is 0 Å². The van der Waals surface area contributed by atoms with E-state index in [9.17, 15) is 5.11 Å². The highest BCUT2D eigenvalue weighted by molar-refractivity contribution is 5.17. The van der Waals surface area contributed by atoms with Gasteiger partial charge in [-0.2, -0.15) is 0 Å². The van der Waals surface area contributed by atoms with E-state index in [0.29, 0.717) is 6.42 Å². The molecule has 90 valence electrons. The molecule has 1 aliphatic rings. The summed E-state index contributed by atoms with van der Waals surface area (Å²) in [6.07, 6.45) is 9.27. The molecular weight excluding hydrogens is 210 g/mol. The average Bonchev–Trinajstić information content (AvgIpc) is 2.39. The van der Waals surface area contributed by atoms with Gasteiger partial charge < -0.3 is 10.4 Å². The van der Waals surface area contributed by atoms with Crippen LogP contribution in [0.25, 0.3) is 0 Å². The molecule has 0 bridgehead atoms. The summed E-state index contributed by atoms with van der Waals surface area (Å²) in [4.78, 5) is 0. The van der Waals surface area contributed by atoms with Crippen molar-refractivity contribution in [2.24, 2.45) is 0 Å². The first kappa shape index (κ1) is 12.2. The van der Waals surface area contributed by atoms with Crippen LogP contribution in [0.1, 0.15) is 31.2 Å². The quantitative estimate of drug-likeness (QED) is 0.778. The first-order valence-electron chi connectivity index (χ1n) is 6.22. The van der Waals surface area contributed by atoms with Crippen molar-refractivity contribution in [3.05, 3.63) is 35.9 Å². The number of rotatable bonds is 3. The minimum atomic E-state index is -0.965. The Bertz CT molecular complexity index is 395. The van der Waals surface area contributed by atoms with Crippen LogP contribution in [0.2, 0.25) is 0 Å². The molecule has 1 fully saturated rings. The van der Waals surface area contributed by atoms with Crippen LogP contribution in [-0.2, 0) is 6.54 Å². The fraction of sp³-hybridized carbons (Fsp3) is 0.467. The monoisotopic (exact) mass is 229 g/mol. The molecule has 0 spiro atoms. The van der Waals surface area contributed by atoms with Crippen LogP contribution in [0.3, 0.4) is 0 Å². The van der Waals surface area contributed by atoms with Gasteiger partial charge in [-0.05, 0) is 24.8 Å². The fourth-order valence-electron chi connectivity index (χ4n) is 2.44. The number of hydrogen-bond acceptors (Lipinski definition) is 2. The van der Waals surface area contributed by atoms with Gasteiger partial charge in [-0.3, -0.25) is 0 Å². The van der Waals surface area contributed by atoms with Gasteiger partial charge in [0.1, 0.15) is 5.60 Å². The number of nitrogens with one attached hydrogen (secondary N) is 1. The highest BCUT2D eigenvalue weighted by Gasteiger charge is 2.36. The van der Waals surface area contributed by atoms with E-state index in [0.717, 1.165) is 25.8 Å². The lowest BCUT2D eigenvalue weighted by Gasteiger charge is -2.36. The molecule has 1 aromatic rings. The predicted octanol–water partition coefficient (Wildman–Crippen LogP) is 2.08. The number of terminal acetylenes is 1. The summed E-state index contributed by atoms with van der Waals surface area (Å²) in [5, 5.41) is 13.7. The maximum atomic E-state index is 10.3. The summed E-state index contributed by atoms with van der Waals surface area (Å²) in [6, 6.07) is 10.2. The maximum absolute atomic E-state index is 10.3. The van der Waals surface area contributed by atoms with E-state index in [4.69, 9.17) is 6.42 Å². The molecule has 2 atom stereocenters. The number of hydrogen-bond donors (Lipinski definition) is 2. The lowest BCUT2D eigenvalue weighted by molar-refractivity contribution is 0.0255. The molecule has 0 heterocycles. The zero-order valence-corrected chi connectivity index (χ0v) is 10.0. The smallest absolute Gasteiger partial charge is 0.140 e. The van der Waals surface area contributed by atoms with Gasteiger partial charge in [-0.1, -0.05) is 42.7 Å². The van der Waals surface area contributed by atoms with E-state index >= 15 is 0 Å². The summed E-state index contributed by atoms with van der Waals surface area (Å²) in [5.74, 6) is 2.56. The molecule has 0 aromatic heterocycles. The van der Waals surface area contributed by atoms with Gasteiger partial charge in [0.2, 0.25) is 0 Å². The second-order valence-corrected chi connectivity index (χ2v) is 4.73. The van der Waals surface area contributed by atoms with E-state index in [1.807, 2.05) is 18.2 Å². The molecule has 0 radical (unpaired) electrons. The van der Waals surface area contributed by atoms with Crippen LogP contribution in [-0.4, -0.2) is 16.7 Å². The summed E-state index contributed by atoms with van der Waals surface area (Å²) in [5.41, 5.74) is 0.255. The lowest BCUT2D eigenvalue weighted by Crippen LogP contribution is -2.51. The van der Waals surface area contributed by atoms with Crippen molar-refractivity contribution < 1.29 is 5.11 Å². The van der Waals surface area contributed by atoms with E-state index in [1.54, 1.807) is 0 Å². The molecule has 2 rings (SSSR count). The Morgan fingerprint density at radius 1 is 1.35 bits per heavy atom. The Labute approximate surface area is 103 Å². The van der Waals surface area contributed by atoms with Gasteiger partial charge in [-0.15, -0.1) is 6.42 Å². The highest BCUT2D eigenvalue weighted by atomic mass is 16.3. The van der Waals surface area contributed by atoms with Crippen molar-refractivity contribution in [2.45, 2.75) is 43.9 Å². The van der Waals surface area contributed by atoms with E-state index < -0.39 is 5.60 Å². The van der Waals surface area contributed by atoms with Crippen molar-refractivity contribution >= 4 is 0 Å². The molecule has 1 saturated carbocycles. The molecule has 17 heavy (non-hydrogen) atoms. The summed E-state index contributed by atoms with van der Waals surface area (Å²) in [6.45, 7) is 0.759. The normalized spacial score (nSPS) is 28.6. The summed E-state index contributed by atoms with van der Waals surface area (Å²) in [7, 11) is 0. The number of aliphatic hydroxyl groups is 1. The van der Waals surface area contributed by atoms with Crippen molar-refractivity contribution in [3.8, 4) is 12.3 Å². The van der Waals surface area contributed by atoms with E-state index in [1.165, 1.54) is 5.56 Å². The topological polar surface area (TPSA) is 32.3 Å². The first-order valence-corrected chi connectivity index (χ1v) is 6.22. The molecule has 0 saturated heterocycles. The molecule has 0 aliphatic heterocycles. The van der Waals surface area contributed by atoms with Crippen LogP contribution < -0.4 is 5.32 Å². The Morgan fingerprint density at radius 3 is 2.82 bits per heavy atom. The van der Waals surface area contributed by atoms with Gasteiger partial charge in [0, 0.05) is 12.6 Å². The van der Waals surface area contributed by atoms with Gasteiger partial charge in [0.15, 0.2) is 0 Å². The molecule has 0 unspecified atom stereocenters. The van der Waals surface area contributed by atoms with Crippen molar-refractivity contribution in [2.75, 3.05) is 0 Å². The zero-order valence-electron chi connectivity index (χ0n) is 10.0. The Balaban J connectivity index is 1.96. The van der Waals surface area contributed by atoms with Gasteiger partial charge >= 0.3 is 0 Å². The molecule has 0 amide bonds. The SMILES string of the molecule is C#C[C@]1(O)CCCC[C@@H]1NCc1ccccc1. The van der Waals surface area contributed by atoms with Gasteiger partial charge in [-0.25, -0.2) is 0 Å².